The molecule has 1 aliphatic heterocycles. The van der Waals surface area contributed by atoms with Crippen LogP contribution >= 0.6 is 0 Å². The van der Waals surface area contributed by atoms with Crippen LogP contribution in [0.1, 0.15) is 24.8 Å². The number of benzene rings is 1. The summed E-state index contributed by atoms with van der Waals surface area (Å²) in [5.41, 5.74) is 0.952. The molecular formula is C15H20FNO2. The monoisotopic (exact) mass is 265 g/mol. The predicted octanol–water partition coefficient (Wildman–Crippen LogP) is 1.88. The van der Waals surface area contributed by atoms with Crippen molar-refractivity contribution in [3.05, 3.63) is 29.6 Å². The van der Waals surface area contributed by atoms with Gasteiger partial charge in [0.05, 0.1) is 6.10 Å². The van der Waals surface area contributed by atoms with Crippen molar-refractivity contribution in [2.45, 2.75) is 37.9 Å². The number of hydrogen-bond acceptors (Lipinski definition) is 3. The van der Waals surface area contributed by atoms with Gasteiger partial charge in [-0.05, 0) is 37.0 Å². The van der Waals surface area contributed by atoms with Gasteiger partial charge in [0, 0.05) is 25.1 Å². The average Bonchev–Trinajstić information content (AvgIpc) is 2.95. The Hall–Kier alpha value is -1.13. The van der Waals surface area contributed by atoms with Crippen LogP contribution < -0.4 is 10.1 Å². The maximum atomic E-state index is 13.1. The van der Waals surface area contributed by atoms with Crippen LogP contribution in [0.5, 0.6) is 5.75 Å². The molecule has 3 atom stereocenters. The van der Waals surface area contributed by atoms with E-state index in [0.29, 0.717) is 5.92 Å². The highest BCUT2D eigenvalue weighted by Crippen LogP contribution is 2.29. The van der Waals surface area contributed by atoms with E-state index in [9.17, 15) is 9.50 Å². The third-order valence-corrected chi connectivity index (χ3v) is 4.16. The quantitative estimate of drug-likeness (QED) is 0.873. The lowest BCUT2D eigenvalue weighted by Gasteiger charge is -2.17. The highest BCUT2D eigenvalue weighted by Gasteiger charge is 2.26. The van der Waals surface area contributed by atoms with Crippen LogP contribution in [-0.4, -0.2) is 30.4 Å². The minimum atomic E-state index is -0.204. The van der Waals surface area contributed by atoms with Crippen LogP contribution in [0.4, 0.5) is 4.39 Å². The number of nitrogens with one attached hydrogen (secondary N) is 1. The van der Waals surface area contributed by atoms with Crippen LogP contribution in [0.15, 0.2) is 18.2 Å². The Morgan fingerprint density at radius 3 is 3.00 bits per heavy atom. The second-order valence-corrected chi connectivity index (χ2v) is 5.61. The average molecular weight is 265 g/mol. The molecule has 4 heteroatoms. The first-order valence-electron chi connectivity index (χ1n) is 7.06. The van der Waals surface area contributed by atoms with Crippen molar-refractivity contribution in [2.24, 2.45) is 5.92 Å². The molecular weight excluding hydrogens is 245 g/mol. The minimum absolute atomic E-state index is 0.0790. The van der Waals surface area contributed by atoms with E-state index in [1.807, 2.05) is 0 Å². The number of aliphatic hydroxyl groups excluding tert-OH is 1. The molecule has 1 aliphatic carbocycles. The molecule has 3 nitrogen and oxygen atoms in total. The van der Waals surface area contributed by atoms with E-state index < -0.39 is 0 Å². The number of hydrogen-bond donors (Lipinski definition) is 2. The van der Waals surface area contributed by atoms with Crippen LogP contribution in [-0.2, 0) is 6.42 Å². The smallest absolute Gasteiger partial charge is 0.123 e. The summed E-state index contributed by atoms with van der Waals surface area (Å²) in [5, 5.41) is 13.1. The fraction of sp³-hybridized carbons (Fsp3) is 0.600. The molecule has 1 fully saturated rings. The molecule has 3 rings (SSSR count). The van der Waals surface area contributed by atoms with Gasteiger partial charge in [0.2, 0.25) is 0 Å². The largest absolute Gasteiger partial charge is 0.488 e. The van der Waals surface area contributed by atoms with Gasteiger partial charge in [-0.2, -0.15) is 0 Å². The van der Waals surface area contributed by atoms with Crippen LogP contribution in [0.2, 0.25) is 0 Å². The van der Waals surface area contributed by atoms with E-state index in [1.54, 1.807) is 12.1 Å². The Labute approximate surface area is 112 Å². The summed E-state index contributed by atoms with van der Waals surface area (Å²) in [6.45, 7) is 1.59. The summed E-state index contributed by atoms with van der Waals surface area (Å²) in [5.74, 6) is 0.973. The molecule has 19 heavy (non-hydrogen) atoms. The maximum Gasteiger partial charge on any atom is 0.123 e. The van der Waals surface area contributed by atoms with Gasteiger partial charge in [-0.15, -0.1) is 0 Å². The first-order chi connectivity index (χ1) is 9.22. The summed E-state index contributed by atoms with van der Waals surface area (Å²) >= 11 is 0. The number of halogens is 1. The highest BCUT2D eigenvalue weighted by atomic mass is 19.1. The van der Waals surface area contributed by atoms with Crippen LogP contribution in [0.3, 0.4) is 0 Å². The zero-order valence-corrected chi connectivity index (χ0v) is 10.9. The van der Waals surface area contributed by atoms with E-state index in [0.717, 1.165) is 50.1 Å². The van der Waals surface area contributed by atoms with Gasteiger partial charge in [0.15, 0.2) is 0 Å². The zero-order valence-electron chi connectivity index (χ0n) is 10.9. The fourth-order valence-electron chi connectivity index (χ4n) is 3.09. The van der Waals surface area contributed by atoms with E-state index >= 15 is 0 Å². The van der Waals surface area contributed by atoms with Crippen molar-refractivity contribution in [3.63, 3.8) is 0 Å². The summed E-state index contributed by atoms with van der Waals surface area (Å²) in [4.78, 5) is 0. The van der Waals surface area contributed by atoms with Crippen LogP contribution in [0, 0.1) is 11.7 Å². The van der Waals surface area contributed by atoms with Crippen molar-refractivity contribution in [1.82, 2.24) is 5.32 Å². The SMILES string of the molecule is OC1CCCC1CNCC1Cc2cc(F)ccc2O1. The van der Waals surface area contributed by atoms with E-state index in [1.165, 1.54) is 6.07 Å². The van der Waals surface area contributed by atoms with Gasteiger partial charge in [-0.25, -0.2) is 4.39 Å². The first-order valence-corrected chi connectivity index (χ1v) is 7.06. The van der Waals surface area contributed by atoms with Gasteiger partial charge in [-0.3, -0.25) is 0 Å². The predicted molar refractivity (Wildman–Crippen MR) is 70.7 cm³/mol. The normalized spacial score (nSPS) is 29.3. The highest BCUT2D eigenvalue weighted by molar-refractivity contribution is 5.37. The maximum absolute atomic E-state index is 13.1. The Bertz CT molecular complexity index is 452. The van der Waals surface area contributed by atoms with Crippen molar-refractivity contribution < 1.29 is 14.2 Å². The lowest BCUT2D eigenvalue weighted by Crippen LogP contribution is -2.35. The van der Waals surface area contributed by atoms with Crippen molar-refractivity contribution >= 4 is 0 Å². The van der Waals surface area contributed by atoms with Crippen LogP contribution in [0.25, 0.3) is 0 Å². The van der Waals surface area contributed by atoms with Crippen molar-refractivity contribution in [3.8, 4) is 5.75 Å². The lowest BCUT2D eigenvalue weighted by molar-refractivity contribution is 0.128. The molecule has 1 heterocycles. The third kappa shape index (κ3) is 2.90. The van der Waals surface area contributed by atoms with Gasteiger partial charge in [0.1, 0.15) is 17.7 Å². The molecule has 0 aromatic heterocycles. The summed E-state index contributed by atoms with van der Waals surface area (Å²) < 4.78 is 18.9. The van der Waals surface area contributed by atoms with Gasteiger partial charge in [-0.1, -0.05) is 6.42 Å². The molecule has 0 bridgehead atoms. The number of ether oxygens (including phenoxy) is 1. The second-order valence-electron chi connectivity index (χ2n) is 5.61. The number of rotatable bonds is 4. The van der Waals surface area contributed by atoms with Gasteiger partial charge < -0.3 is 15.2 Å². The minimum Gasteiger partial charge on any atom is -0.488 e. The van der Waals surface area contributed by atoms with Crippen molar-refractivity contribution in [2.75, 3.05) is 13.1 Å². The van der Waals surface area contributed by atoms with Gasteiger partial charge >= 0.3 is 0 Å². The van der Waals surface area contributed by atoms with Gasteiger partial charge in [0.25, 0.3) is 0 Å². The number of aliphatic hydroxyl groups is 1. The summed E-state index contributed by atoms with van der Waals surface area (Å²) in [6, 6.07) is 4.69. The second kappa shape index (κ2) is 5.47. The number of fused-ring (bicyclic) bond motifs is 1. The molecule has 3 unspecified atom stereocenters. The standard InChI is InChI=1S/C15H20FNO2/c16-12-4-5-15-11(6-12)7-13(19-15)9-17-8-10-2-1-3-14(10)18/h4-6,10,13-14,17-18H,1-3,7-9H2. The van der Waals surface area contributed by atoms with E-state index in [-0.39, 0.29) is 18.0 Å². The first kappa shape index (κ1) is 12.9. The topological polar surface area (TPSA) is 41.5 Å². The van der Waals surface area contributed by atoms with E-state index in [4.69, 9.17) is 4.74 Å². The molecule has 0 spiro atoms. The zero-order chi connectivity index (χ0) is 13.2. The molecule has 1 saturated carbocycles. The molecule has 2 N–H and O–H groups in total. The third-order valence-electron chi connectivity index (χ3n) is 4.16. The molecule has 0 radical (unpaired) electrons. The molecule has 1 aromatic rings. The lowest BCUT2D eigenvalue weighted by atomic mass is 10.1. The fourth-order valence-corrected chi connectivity index (χ4v) is 3.09. The Morgan fingerprint density at radius 2 is 2.21 bits per heavy atom. The molecule has 2 aliphatic rings. The molecule has 104 valence electrons. The molecule has 0 saturated heterocycles. The van der Waals surface area contributed by atoms with Crippen molar-refractivity contribution in [1.29, 1.82) is 0 Å². The summed E-state index contributed by atoms with van der Waals surface area (Å²) in [6.07, 6.45) is 3.84. The van der Waals surface area contributed by atoms with E-state index in [2.05, 4.69) is 5.32 Å². The molecule has 0 amide bonds. The summed E-state index contributed by atoms with van der Waals surface area (Å²) in [7, 11) is 0. The Kier molecular flexibility index (Phi) is 3.71. The molecule has 1 aromatic carbocycles. The Balaban J connectivity index is 1.46. The Morgan fingerprint density at radius 1 is 1.32 bits per heavy atom.